The summed E-state index contributed by atoms with van der Waals surface area (Å²) in [5, 5.41) is 3.87. The summed E-state index contributed by atoms with van der Waals surface area (Å²) in [7, 11) is 0. The van der Waals surface area contributed by atoms with Gasteiger partial charge in [-0.2, -0.15) is 0 Å². The summed E-state index contributed by atoms with van der Waals surface area (Å²) in [4.78, 5) is 18.8. The lowest BCUT2D eigenvalue weighted by molar-refractivity contribution is 0.0975. The second kappa shape index (κ2) is 8.02. The van der Waals surface area contributed by atoms with Crippen molar-refractivity contribution in [1.82, 2.24) is 10.1 Å². The second-order valence-corrected chi connectivity index (χ2v) is 6.29. The van der Waals surface area contributed by atoms with E-state index in [0.717, 1.165) is 5.56 Å². The smallest absolute Gasteiger partial charge is 0.281 e. The van der Waals surface area contributed by atoms with Gasteiger partial charge in [0.05, 0.1) is 6.54 Å². The zero-order chi connectivity index (χ0) is 20.2. The number of benzene rings is 2. The fraction of sp³-hybridized carbons (Fsp3) is 0.0455. The van der Waals surface area contributed by atoms with Gasteiger partial charge in [-0.05, 0) is 54.1 Å². The lowest BCUT2D eigenvalue weighted by Crippen LogP contribution is -2.31. The van der Waals surface area contributed by atoms with Crippen LogP contribution in [0, 0.1) is 11.6 Å². The molecule has 0 saturated heterocycles. The van der Waals surface area contributed by atoms with Crippen molar-refractivity contribution in [1.29, 1.82) is 0 Å². The van der Waals surface area contributed by atoms with Crippen molar-refractivity contribution < 1.29 is 18.1 Å². The molecule has 0 spiro atoms. The normalized spacial score (nSPS) is 10.7. The second-order valence-electron chi connectivity index (χ2n) is 6.29. The van der Waals surface area contributed by atoms with Crippen LogP contribution in [-0.4, -0.2) is 16.0 Å². The number of nitrogens with zero attached hydrogens (tertiary/aromatic N) is 3. The molecule has 0 bridgehead atoms. The molecular weight excluding hydrogens is 376 g/mol. The SMILES string of the molecule is O=C(c1cc(-c2ccc(F)cc2)on1)N(Cc1ccc(F)cc1)c1ccccn1. The number of amides is 1. The zero-order valence-corrected chi connectivity index (χ0v) is 15.1. The Bertz CT molecular complexity index is 1110. The minimum atomic E-state index is -0.426. The first-order valence-electron chi connectivity index (χ1n) is 8.80. The lowest BCUT2D eigenvalue weighted by Gasteiger charge is -2.20. The van der Waals surface area contributed by atoms with Crippen LogP contribution in [-0.2, 0) is 6.54 Å². The Labute approximate surface area is 165 Å². The van der Waals surface area contributed by atoms with Crippen molar-refractivity contribution in [2.24, 2.45) is 0 Å². The van der Waals surface area contributed by atoms with Gasteiger partial charge in [0.15, 0.2) is 11.5 Å². The molecule has 0 fully saturated rings. The van der Waals surface area contributed by atoms with Crippen LogP contribution >= 0.6 is 0 Å². The number of anilines is 1. The van der Waals surface area contributed by atoms with Gasteiger partial charge in [0.25, 0.3) is 5.91 Å². The van der Waals surface area contributed by atoms with E-state index in [2.05, 4.69) is 10.1 Å². The van der Waals surface area contributed by atoms with Gasteiger partial charge < -0.3 is 4.52 Å². The summed E-state index contributed by atoms with van der Waals surface area (Å²) in [5.41, 5.74) is 1.41. The fourth-order valence-corrected chi connectivity index (χ4v) is 2.81. The standard InChI is InChI=1S/C22H15F2N3O2/c23-17-8-4-15(5-9-17)14-27(21-3-1-2-12-25-21)22(28)19-13-20(29-26-19)16-6-10-18(24)11-7-16/h1-13H,14H2. The molecule has 29 heavy (non-hydrogen) atoms. The van der Waals surface area contributed by atoms with Crippen LogP contribution < -0.4 is 4.90 Å². The van der Waals surface area contributed by atoms with E-state index in [1.54, 1.807) is 48.7 Å². The number of aromatic nitrogens is 2. The predicted octanol–water partition coefficient (Wildman–Crippen LogP) is 4.86. The Morgan fingerprint density at radius 3 is 2.28 bits per heavy atom. The van der Waals surface area contributed by atoms with E-state index in [4.69, 9.17) is 4.52 Å². The number of hydrogen-bond acceptors (Lipinski definition) is 4. The number of hydrogen-bond donors (Lipinski definition) is 0. The largest absolute Gasteiger partial charge is 0.355 e. The summed E-state index contributed by atoms with van der Waals surface area (Å²) in [5.74, 6) is -0.385. The van der Waals surface area contributed by atoms with Crippen molar-refractivity contribution in [3.63, 3.8) is 0 Å². The highest BCUT2D eigenvalue weighted by molar-refractivity contribution is 6.04. The molecule has 2 heterocycles. The van der Waals surface area contributed by atoms with Crippen molar-refractivity contribution in [2.75, 3.05) is 4.90 Å². The number of carbonyl (C=O) groups is 1. The fourth-order valence-electron chi connectivity index (χ4n) is 2.81. The Morgan fingerprint density at radius 2 is 1.62 bits per heavy atom. The molecule has 0 atom stereocenters. The maximum absolute atomic E-state index is 13.2. The summed E-state index contributed by atoms with van der Waals surface area (Å²) in [6.07, 6.45) is 1.58. The molecule has 144 valence electrons. The van der Waals surface area contributed by atoms with Crippen LogP contribution in [0.5, 0.6) is 0 Å². The molecule has 2 aromatic carbocycles. The summed E-state index contributed by atoms with van der Waals surface area (Å²) in [6.45, 7) is 0.175. The molecule has 2 aromatic heterocycles. The van der Waals surface area contributed by atoms with Gasteiger partial charge in [-0.15, -0.1) is 0 Å². The minimum absolute atomic E-state index is 0.0806. The van der Waals surface area contributed by atoms with Crippen LogP contribution in [0.25, 0.3) is 11.3 Å². The highest BCUT2D eigenvalue weighted by atomic mass is 19.1. The van der Waals surface area contributed by atoms with E-state index in [9.17, 15) is 13.6 Å². The molecule has 0 radical (unpaired) electrons. The first-order valence-corrected chi connectivity index (χ1v) is 8.80. The summed E-state index contributed by atoms with van der Waals surface area (Å²) < 4.78 is 31.6. The van der Waals surface area contributed by atoms with Crippen LogP contribution in [0.3, 0.4) is 0 Å². The third-order valence-corrected chi connectivity index (χ3v) is 4.28. The van der Waals surface area contributed by atoms with Gasteiger partial charge in [0, 0.05) is 17.8 Å². The van der Waals surface area contributed by atoms with E-state index < -0.39 is 5.91 Å². The van der Waals surface area contributed by atoms with Gasteiger partial charge in [-0.25, -0.2) is 13.8 Å². The van der Waals surface area contributed by atoms with E-state index in [1.165, 1.54) is 35.2 Å². The average molecular weight is 391 g/mol. The molecule has 1 amide bonds. The Hall–Kier alpha value is -3.87. The van der Waals surface area contributed by atoms with Crippen LogP contribution in [0.15, 0.2) is 83.5 Å². The maximum Gasteiger partial charge on any atom is 0.281 e. The topological polar surface area (TPSA) is 59.2 Å². The van der Waals surface area contributed by atoms with Crippen molar-refractivity contribution >= 4 is 11.7 Å². The van der Waals surface area contributed by atoms with E-state index in [0.29, 0.717) is 17.1 Å². The van der Waals surface area contributed by atoms with Gasteiger partial charge in [0.1, 0.15) is 17.5 Å². The third-order valence-electron chi connectivity index (χ3n) is 4.28. The van der Waals surface area contributed by atoms with Gasteiger partial charge in [-0.1, -0.05) is 23.4 Å². The van der Waals surface area contributed by atoms with Crippen molar-refractivity contribution in [3.05, 3.63) is 102 Å². The predicted molar refractivity (Wildman–Crippen MR) is 103 cm³/mol. The molecule has 0 aliphatic heterocycles. The number of carbonyl (C=O) groups excluding carboxylic acids is 1. The molecule has 4 rings (SSSR count). The van der Waals surface area contributed by atoms with Crippen LogP contribution in [0.4, 0.5) is 14.6 Å². The molecule has 0 unspecified atom stereocenters. The monoisotopic (exact) mass is 391 g/mol. The zero-order valence-electron chi connectivity index (χ0n) is 15.1. The molecule has 0 aliphatic rings. The van der Waals surface area contributed by atoms with Crippen molar-refractivity contribution in [3.8, 4) is 11.3 Å². The highest BCUT2D eigenvalue weighted by Crippen LogP contribution is 2.23. The number of rotatable bonds is 5. The highest BCUT2D eigenvalue weighted by Gasteiger charge is 2.23. The van der Waals surface area contributed by atoms with Crippen LogP contribution in [0.2, 0.25) is 0 Å². The average Bonchev–Trinajstić information content (AvgIpc) is 3.24. The van der Waals surface area contributed by atoms with E-state index in [1.807, 2.05) is 0 Å². The number of halogens is 2. The maximum atomic E-state index is 13.2. The minimum Gasteiger partial charge on any atom is -0.355 e. The molecule has 5 nitrogen and oxygen atoms in total. The first-order chi connectivity index (χ1) is 14.1. The molecule has 4 aromatic rings. The molecule has 0 N–H and O–H groups in total. The first kappa shape index (κ1) is 18.5. The Kier molecular flexibility index (Phi) is 5.11. The molecular formula is C22H15F2N3O2. The van der Waals surface area contributed by atoms with Gasteiger partial charge >= 0.3 is 0 Å². The van der Waals surface area contributed by atoms with E-state index >= 15 is 0 Å². The quantitative estimate of drug-likeness (QED) is 0.487. The number of pyridine rings is 1. The van der Waals surface area contributed by atoms with Crippen molar-refractivity contribution in [2.45, 2.75) is 6.54 Å². The van der Waals surface area contributed by atoms with Gasteiger partial charge in [-0.3, -0.25) is 9.69 Å². The Balaban J connectivity index is 1.64. The molecule has 0 aliphatic carbocycles. The third kappa shape index (κ3) is 4.19. The summed E-state index contributed by atoms with van der Waals surface area (Å²) >= 11 is 0. The van der Waals surface area contributed by atoms with Crippen LogP contribution in [0.1, 0.15) is 16.1 Å². The van der Waals surface area contributed by atoms with Gasteiger partial charge in [0.2, 0.25) is 0 Å². The summed E-state index contributed by atoms with van der Waals surface area (Å²) in [6, 6.07) is 18.3. The van der Waals surface area contributed by atoms with E-state index in [-0.39, 0.29) is 23.9 Å². The lowest BCUT2D eigenvalue weighted by atomic mass is 10.1. The Morgan fingerprint density at radius 1 is 0.931 bits per heavy atom. The molecule has 0 saturated carbocycles. The molecule has 7 heteroatoms.